The number of nitrogens with zero attached hydrogens (tertiary/aromatic N) is 1. The number of pyridine rings is 1. The van der Waals surface area contributed by atoms with Crippen LogP contribution in [0.3, 0.4) is 0 Å². The monoisotopic (exact) mass is 267 g/mol. The number of hydrogen-bond acceptors (Lipinski definition) is 3. The normalized spacial score (nSPS) is 12.2. The minimum absolute atomic E-state index is 0.0259. The van der Waals surface area contributed by atoms with Gasteiger partial charge in [0.1, 0.15) is 11.6 Å². The summed E-state index contributed by atoms with van der Waals surface area (Å²) in [6.45, 7) is 1.61. The number of benzene rings is 1. The van der Waals surface area contributed by atoms with Crippen LogP contribution in [0, 0.1) is 5.82 Å². The van der Waals surface area contributed by atoms with E-state index in [9.17, 15) is 9.50 Å². The highest BCUT2D eigenvalue weighted by Gasteiger charge is 2.11. The zero-order valence-electron chi connectivity index (χ0n) is 9.60. The first kappa shape index (κ1) is 12.8. The van der Waals surface area contributed by atoms with Crippen LogP contribution in [-0.2, 0) is 0 Å². The molecule has 0 bridgehead atoms. The number of aromatic nitrogens is 1. The van der Waals surface area contributed by atoms with Crippen molar-refractivity contribution in [3.8, 4) is 11.6 Å². The molecule has 1 atom stereocenters. The van der Waals surface area contributed by atoms with Crippen LogP contribution in [0.15, 0.2) is 36.5 Å². The van der Waals surface area contributed by atoms with Crippen LogP contribution in [0.5, 0.6) is 11.6 Å². The Hall–Kier alpha value is -1.65. The lowest BCUT2D eigenvalue weighted by Gasteiger charge is -2.11. The van der Waals surface area contributed by atoms with Gasteiger partial charge in [-0.3, -0.25) is 0 Å². The van der Waals surface area contributed by atoms with Crippen molar-refractivity contribution in [2.45, 2.75) is 13.0 Å². The SMILES string of the molecule is CC(O)c1cccnc1Oc1ccc(F)c(Cl)c1. The van der Waals surface area contributed by atoms with Crippen LogP contribution in [0.2, 0.25) is 5.02 Å². The Kier molecular flexibility index (Phi) is 3.79. The van der Waals surface area contributed by atoms with Gasteiger partial charge in [0.15, 0.2) is 0 Å². The maximum atomic E-state index is 13.0. The minimum Gasteiger partial charge on any atom is -0.439 e. The fraction of sp³-hybridized carbons (Fsp3) is 0.154. The number of hydrogen-bond donors (Lipinski definition) is 1. The summed E-state index contributed by atoms with van der Waals surface area (Å²) >= 11 is 5.66. The molecule has 0 radical (unpaired) electrons. The van der Waals surface area contributed by atoms with Crippen molar-refractivity contribution in [3.63, 3.8) is 0 Å². The number of ether oxygens (including phenoxy) is 1. The molecule has 0 spiro atoms. The molecule has 2 rings (SSSR count). The van der Waals surface area contributed by atoms with Crippen LogP contribution in [-0.4, -0.2) is 10.1 Å². The summed E-state index contributed by atoms with van der Waals surface area (Å²) in [7, 11) is 0. The van der Waals surface area contributed by atoms with Crippen LogP contribution >= 0.6 is 11.6 Å². The first-order valence-electron chi connectivity index (χ1n) is 5.34. The van der Waals surface area contributed by atoms with E-state index in [0.29, 0.717) is 11.3 Å². The lowest BCUT2D eigenvalue weighted by atomic mass is 10.2. The quantitative estimate of drug-likeness (QED) is 0.922. The zero-order chi connectivity index (χ0) is 13.1. The van der Waals surface area contributed by atoms with Gasteiger partial charge in [0.05, 0.1) is 11.1 Å². The van der Waals surface area contributed by atoms with Crippen molar-refractivity contribution in [1.82, 2.24) is 4.98 Å². The first-order valence-corrected chi connectivity index (χ1v) is 5.71. The highest BCUT2D eigenvalue weighted by atomic mass is 35.5. The molecule has 3 nitrogen and oxygen atoms in total. The van der Waals surface area contributed by atoms with E-state index >= 15 is 0 Å². The Bertz CT molecular complexity index is 560. The minimum atomic E-state index is -0.704. The topological polar surface area (TPSA) is 42.4 Å². The molecule has 0 amide bonds. The molecule has 1 aromatic carbocycles. The number of aliphatic hydroxyl groups excluding tert-OH is 1. The molecule has 1 N–H and O–H groups in total. The summed E-state index contributed by atoms with van der Waals surface area (Å²) in [5.74, 6) is 0.123. The van der Waals surface area contributed by atoms with Crippen LogP contribution in [0.25, 0.3) is 0 Å². The third kappa shape index (κ3) is 2.78. The van der Waals surface area contributed by atoms with Gasteiger partial charge >= 0.3 is 0 Å². The first-order chi connectivity index (χ1) is 8.58. The highest BCUT2D eigenvalue weighted by molar-refractivity contribution is 6.30. The molecule has 0 aliphatic rings. The molecule has 2 aromatic rings. The summed E-state index contributed by atoms with van der Waals surface area (Å²) in [5.41, 5.74) is 0.554. The molecular formula is C13H11ClFNO2. The number of rotatable bonds is 3. The smallest absolute Gasteiger partial charge is 0.225 e. The van der Waals surface area contributed by atoms with Crippen LogP contribution < -0.4 is 4.74 Å². The molecule has 94 valence electrons. The zero-order valence-corrected chi connectivity index (χ0v) is 10.4. The van der Waals surface area contributed by atoms with Gasteiger partial charge in [-0.05, 0) is 31.2 Å². The van der Waals surface area contributed by atoms with E-state index in [4.69, 9.17) is 16.3 Å². The Morgan fingerprint density at radius 3 is 2.83 bits per heavy atom. The molecular weight excluding hydrogens is 257 g/mol. The fourth-order valence-corrected chi connectivity index (χ4v) is 1.63. The van der Waals surface area contributed by atoms with Gasteiger partial charge < -0.3 is 9.84 Å². The largest absolute Gasteiger partial charge is 0.439 e. The van der Waals surface area contributed by atoms with E-state index in [1.165, 1.54) is 18.2 Å². The van der Waals surface area contributed by atoms with Gasteiger partial charge in [0.25, 0.3) is 0 Å². The predicted molar refractivity (Wildman–Crippen MR) is 66.4 cm³/mol. The molecule has 0 saturated carbocycles. The van der Waals surface area contributed by atoms with Crippen molar-refractivity contribution in [2.24, 2.45) is 0 Å². The fourth-order valence-electron chi connectivity index (χ4n) is 1.46. The van der Waals surface area contributed by atoms with Crippen molar-refractivity contribution in [3.05, 3.63) is 52.9 Å². The summed E-state index contributed by atoms with van der Waals surface area (Å²) in [4.78, 5) is 4.03. The molecule has 0 fully saturated rings. The molecule has 1 heterocycles. The van der Waals surface area contributed by atoms with E-state index in [2.05, 4.69) is 4.98 Å². The van der Waals surface area contributed by atoms with Crippen molar-refractivity contribution >= 4 is 11.6 Å². The second kappa shape index (κ2) is 5.33. The lowest BCUT2D eigenvalue weighted by molar-refractivity contribution is 0.194. The summed E-state index contributed by atoms with van der Waals surface area (Å²) in [5, 5.41) is 9.55. The maximum Gasteiger partial charge on any atom is 0.225 e. The third-order valence-electron chi connectivity index (χ3n) is 2.36. The second-order valence-corrected chi connectivity index (χ2v) is 4.16. The van der Waals surface area contributed by atoms with Gasteiger partial charge in [0, 0.05) is 17.8 Å². The number of halogens is 2. The molecule has 5 heteroatoms. The molecule has 1 unspecified atom stereocenters. The van der Waals surface area contributed by atoms with E-state index in [-0.39, 0.29) is 10.9 Å². The summed E-state index contributed by atoms with van der Waals surface area (Å²) in [6.07, 6.45) is 0.844. The Morgan fingerprint density at radius 1 is 1.39 bits per heavy atom. The molecule has 0 aliphatic carbocycles. The van der Waals surface area contributed by atoms with Gasteiger partial charge in [-0.15, -0.1) is 0 Å². The van der Waals surface area contributed by atoms with Crippen LogP contribution in [0.1, 0.15) is 18.6 Å². The molecule has 18 heavy (non-hydrogen) atoms. The van der Waals surface area contributed by atoms with Gasteiger partial charge in [-0.25, -0.2) is 9.37 Å². The Morgan fingerprint density at radius 2 is 2.17 bits per heavy atom. The van der Waals surface area contributed by atoms with E-state index < -0.39 is 11.9 Å². The Labute approximate surface area is 109 Å². The van der Waals surface area contributed by atoms with Crippen LogP contribution in [0.4, 0.5) is 4.39 Å². The number of aliphatic hydroxyl groups is 1. The van der Waals surface area contributed by atoms with Gasteiger partial charge in [-0.2, -0.15) is 0 Å². The average Bonchev–Trinajstić information content (AvgIpc) is 2.34. The van der Waals surface area contributed by atoms with E-state index in [1.54, 1.807) is 25.3 Å². The maximum absolute atomic E-state index is 13.0. The van der Waals surface area contributed by atoms with E-state index in [1.807, 2.05) is 0 Å². The average molecular weight is 268 g/mol. The van der Waals surface area contributed by atoms with Crippen molar-refractivity contribution in [2.75, 3.05) is 0 Å². The van der Waals surface area contributed by atoms with Gasteiger partial charge in [0.2, 0.25) is 5.88 Å². The molecule has 0 saturated heterocycles. The molecule has 0 aliphatic heterocycles. The predicted octanol–water partition coefficient (Wildman–Crippen LogP) is 3.72. The molecule has 1 aromatic heterocycles. The third-order valence-corrected chi connectivity index (χ3v) is 2.65. The summed E-state index contributed by atoms with van der Waals surface area (Å²) < 4.78 is 18.5. The second-order valence-electron chi connectivity index (χ2n) is 3.75. The van der Waals surface area contributed by atoms with Crippen molar-refractivity contribution in [1.29, 1.82) is 0 Å². The highest BCUT2D eigenvalue weighted by Crippen LogP contribution is 2.29. The lowest BCUT2D eigenvalue weighted by Crippen LogP contribution is -1.98. The van der Waals surface area contributed by atoms with Gasteiger partial charge in [-0.1, -0.05) is 11.6 Å². The Balaban J connectivity index is 2.31. The van der Waals surface area contributed by atoms with E-state index in [0.717, 1.165) is 0 Å². The van der Waals surface area contributed by atoms with Crippen molar-refractivity contribution < 1.29 is 14.2 Å². The summed E-state index contributed by atoms with van der Waals surface area (Å²) in [6, 6.07) is 7.42. The standard InChI is InChI=1S/C13H11ClFNO2/c1-8(17)10-3-2-6-16-13(10)18-9-4-5-12(15)11(14)7-9/h2-8,17H,1H3.